The van der Waals surface area contributed by atoms with Crippen LogP contribution in [-0.2, 0) is 4.79 Å². The molecule has 1 atom stereocenters. The molecule has 2 aromatic rings. The highest BCUT2D eigenvalue weighted by atomic mass is 32.2. The summed E-state index contributed by atoms with van der Waals surface area (Å²) in [6.45, 7) is 5.70. The van der Waals surface area contributed by atoms with Crippen molar-refractivity contribution in [2.75, 3.05) is 37.7 Å². The van der Waals surface area contributed by atoms with Crippen molar-refractivity contribution in [3.05, 3.63) is 65.1 Å². The Balaban J connectivity index is 1.18. The zero-order chi connectivity index (χ0) is 26.6. The van der Waals surface area contributed by atoms with Crippen LogP contribution in [0, 0.1) is 0 Å². The average Bonchev–Trinajstić information content (AvgIpc) is 3.30. The molecule has 0 bridgehead atoms. The van der Waals surface area contributed by atoms with Crippen LogP contribution in [-0.4, -0.2) is 61.1 Å². The fourth-order valence-corrected chi connectivity index (χ4v) is 5.41. The molecule has 2 heterocycles. The predicted octanol–water partition coefficient (Wildman–Crippen LogP) is 4.83. The maximum atomic E-state index is 12.3. The molecule has 0 aromatic heterocycles. The number of carbonyl (C=O) groups excluding carboxylic acids is 1. The summed E-state index contributed by atoms with van der Waals surface area (Å²) in [5.41, 5.74) is 2.21. The maximum Gasteiger partial charge on any atom is 0.264 e. The first-order valence-corrected chi connectivity index (χ1v) is 14.6. The van der Waals surface area contributed by atoms with Gasteiger partial charge >= 0.3 is 0 Å². The Morgan fingerprint density at radius 1 is 1.13 bits per heavy atom. The topological polar surface area (TPSA) is 86.2 Å². The summed E-state index contributed by atoms with van der Waals surface area (Å²) < 4.78 is 5.64. The van der Waals surface area contributed by atoms with Crippen molar-refractivity contribution >= 4 is 34.6 Å². The first-order chi connectivity index (χ1) is 18.6. The molecule has 38 heavy (non-hydrogen) atoms. The number of amides is 1. The second-order valence-electron chi connectivity index (χ2n) is 9.85. The summed E-state index contributed by atoms with van der Waals surface area (Å²) in [5, 5.41) is 17.3. The van der Waals surface area contributed by atoms with Crippen molar-refractivity contribution in [1.82, 2.24) is 10.6 Å². The van der Waals surface area contributed by atoms with E-state index in [2.05, 4.69) is 51.7 Å². The number of rotatable bonds is 13. The smallest absolute Gasteiger partial charge is 0.264 e. The second-order valence-corrected chi connectivity index (χ2v) is 10.9. The van der Waals surface area contributed by atoms with Gasteiger partial charge < -0.3 is 25.4 Å². The lowest BCUT2D eigenvalue weighted by Gasteiger charge is -2.34. The number of piperidine rings is 1. The molecule has 1 amide bonds. The molecule has 4 rings (SSSR count). The summed E-state index contributed by atoms with van der Waals surface area (Å²) in [7, 11) is 0. The minimum absolute atomic E-state index is 0.0716. The molecule has 0 radical (unpaired) electrons. The van der Waals surface area contributed by atoms with Crippen LogP contribution in [0.4, 0.5) is 5.69 Å². The number of anilines is 1. The van der Waals surface area contributed by atoms with Gasteiger partial charge in [-0.2, -0.15) is 0 Å². The number of amidine groups is 1. The standard InChI is InChI=1S/C30H40N4O3S/c1-2-3-4-8-17-31-30-33-29(36)28(38-30)20-23-11-13-25(14-12-23)34-18-15-24(16-19-34)32-21-26(35)22-37-27-9-6-5-7-10-27/h5-7,9-14,20,24,26,32,35H,2-4,8,15-19,21-22H2,1H3,(H,31,33,36)/t26-/m0/s1. The predicted molar refractivity (Wildman–Crippen MR) is 158 cm³/mol. The summed E-state index contributed by atoms with van der Waals surface area (Å²) >= 11 is 1.43. The van der Waals surface area contributed by atoms with E-state index in [0.29, 0.717) is 22.7 Å². The highest BCUT2D eigenvalue weighted by molar-refractivity contribution is 8.18. The summed E-state index contributed by atoms with van der Waals surface area (Å²) in [6, 6.07) is 18.4. The van der Waals surface area contributed by atoms with Crippen molar-refractivity contribution < 1.29 is 14.6 Å². The van der Waals surface area contributed by atoms with E-state index in [9.17, 15) is 9.90 Å². The average molecular weight is 537 g/mol. The number of aliphatic imine (C=N–C) groups is 1. The minimum Gasteiger partial charge on any atom is -0.491 e. The van der Waals surface area contributed by atoms with Gasteiger partial charge in [0, 0.05) is 37.9 Å². The number of aliphatic hydroxyl groups is 1. The Kier molecular flexibility index (Phi) is 11.1. The van der Waals surface area contributed by atoms with E-state index in [1.54, 1.807) is 0 Å². The lowest BCUT2D eigenvalue weighted by Crippen LogP contribution is -2.45. The zero-order valence-electron chi connectivity index (χ0n) is 22.3. The van der Waals surface area contributed by atoms with Crippen LogP contribution >= 0.6 is 11.8 Å². The molecule has 8 heteroatoms. The van der Waals surface area contributed by atoms with E-state index in [1.807, 2.05) is 36.4 Å². The van der Waals surface area contributed by atoms with Gasteiger partial charge in [-0.05, 0) is 66.9 Å². The van der Waals surface area contributed by atoms with Gasteiger partial charge in [0.2, 0.25) is 0 Å². The molecule has 3 N–H and O–H groups in total. The molecule has 2 fully saturated rings. The highest BCUT2D eigenvalue weighted by Gasteiger charge is 2.24. The summed E-state index contributed by atoms with van der Waals surface area (Å²) in [5.74, 6) is 0.705. The molecular formula is C30H40N4O3S. The number of nitrogens with zero attached hydrogens (tertiary/aromatic N) is 2. The van der Waals surface area contributed by atoms with Gasteiger partial charge in [0.1, 0.15) is 18.5 Å². The highest BCUT2D eigenvalue weighted by Crippen LogP contribution is 2.27. The quantitative estimate of drug-likeness (QED) is 0.251. The van der Waals surface area contributed by atoms with Crippen LogP contribution in [0.15, 0.2) is 64.5 Å². The Bertz CT molecular complexity index is 1070. The number of unbranched alkanes of at least 4 members (excludes halogenated alkanes) is 3. The van der Waals surface area contributed by atoms with Crippen molar-refractivity contribution in [2.24, 2.45) is 4.99 Å². The molecule has 2 aromatic carbocycles. The molecule has 7 nitrogen and oxygen atoms in total. The third-order valence-electron chi connectivity index (χ3n) is 6.80. The van der Waals surface area contributed by atoms with Gasteiger partial charge in [-0.25, -0.2) is 0 Å². The molecular weight excluding hydrogens is 496 g/mol. The number of aliphatic hydroxyl groups excluding tert-OH is 1. The molecule has 0 unspecified atom stereocenters. The lowest BCUT2D eigenvalue weighted by atomic mass is 10.0. The minimum atomic E-state index is -0.539. The first kappa shape index (κ1) is 28.2. The third-order valence-corrected chi connectivity index (χ3v) is 7.74. The van der Waals surface area contributed by atoms with Crippen LogP contribution < -0.4 is 20.3 Å². The number of hydrogen-bond donors (Lipinski definition) is 3. The number of ether oxygens (including phenoxy) is 1. The monoisotopic (exact) mass is 536 g/mol. The number of benzene rings is 2. The van der Waals surface area contributed by atoms with Crippen LogP contribution in [0.25, 0.3) is 6.08 Å². The Labute approximate surface area is 230 Å². The van der Waals surface area contributed by atoms with Gasteiger partial charge in [0.05, 0.1) is 4.91 Å². The molecule has 0 saturated carbocycles. The van der Waals surface area contributed by atoms with Gasteiger partial charge in [-0.15, -0.1) is 0 Å². The molecule has 204 valence electrons. The number of hydrogen-bond acceptors (Lipinski definition) is 7. The molecule has 2 saturated heterocycles. The third kappa shape index (κ3) is 8.89. The van der Waals surface area contributed by atoms with E-state index in [0.717, 1.165) is 50.2 Å². The van der Waals surface area contributed by atoms with Crippen LogP contribution in [0.2, 0.25) is 0 Å². The first-order valence-electron chi connectivity index (χ1n) is 13.8. The van der Waals surface area contributed by atoms with Crippen LogP contribution in [0.3, 0.4) is 0 Å². The van der Waals surface area contributed by atoms with E-state index in [4.69, 9.17) is 4.74 Å². The molecule has 0 spiro atoms. The van der Waals surface area contributed by atoms with Crippen LogP contribution in [0.1, 0.15) is 51.0 Å². The number of para-hydroxylation sites is 1. The fourth-order valence-electron chi connectivity index (χ4n) is 4.57. The van der Waals surface area contributed by atoms with Crippen molar-refractivity contribution in [3.63, 3.8) is 0 Å². The Hall–Kier alpha value is -2.81. The Morgan fingerprint density at radius 3 is 2.63 bits per heavy atom. The number of nitrogens with one attached hydrogen (secondary N) is 2. The molecule has 2 aliphatic heterocycles. The van der Waals surface area contributed by atoms with Gasteiger partial charge in [-0.3, -0.25) is 9.79 Å². The van der Waals surface area contributed by atoms with Gasteiger partial charge in [-0.1, -0.05) is 56.5 Å². The van der Waals surface area contributed by atoms with E-state index >= 15 is 0 Å². The van der Waals surface area contributed by atoms with E-state index < -0.39 is 6.10 Å². The molecule has 2 aliphatic rings. The molecule has 0 aliphatic carbocycles. The summed E-state index contributed by atoms with van der Waals surface area (Å²) in [6.07, 6.45) is 8.13. The SMILES string of the molecule is CCCCCCN=C1NC(=O)C(=Cc2ccc(N3CCC(NC[C@H](O)COc4ccccc4)CC3)cc2)S1. The number of carbonyl (C=O) groups is 1. The van der Waals surface area contributed by atoms with Crippen molar-refractivity contribution in [3.8, 4) is 5.75 Å². The van der Waals surface area contributed by atoms with Crippen molar-refractivity contribution in [1.29, 1.82) is 0 Å². The lowest BCUT2D eigenvalue weighted by molar-refractivity contribution is -0.115. The van der Waals surface area contributed by atoms with Crippen LogP contribution in [0.5, 0.6) is 5.75 Å². The second kappa shape index (κ2) is 15.0. The normalized spacial score (nSPS) is 19.2. The largest absolute Gasteiger partial charge is 0.491 e. The maximum absolute atomic E-state index is 12.3. The van der Waals surface area contributed by atoms with Gasteiger partial charge in [0.25, 0.3) is 5.91 Å². The van der Waals surface area contributed by atoms with Gasteiger partial charge in [0.15, 0.2) is 5.17 Å². The van der Waals surface area contributed by atoms with Crippen molar-refractivity contribution in [2.45, 2.75) is 57.6 Å². The number of thioether (sulfide) groups is 1. The zero-order valence-corrected chi connectivity index (χ0v) is 23.1. The van der Waals surface area contributed by atoms with E-state index in [-0.39, 0.29) is 12.5 Å². The van der Waals surface area contributed by atoms with E-state index in [1.165, 1.54) is 36.7 Å². The fraction of sp³-hybridized carbons (Fsp3) is 0.467. The summed E-state index contributed by atoms with van der Waals surface area (Å²) in [4.78, 5) is 20.0. The Morgan fingerprint density at radius 2 is 1.89 bits per heavy atom.